The molecule has 1 amide bonds. The van der Waals surface area contributed by atoms with E-state index in [1.807, 2.05) is 55.3 Å². The molecule has 0 saturated carbocycles. The zero-order valence-corrected chi connectivity index (χ0v) is 16.3. The number of aryl methyl sites for hydroxylation is 1. The highest BCUT2D eigenvalue weighted by molar-refractivity contribution is 6.31. The number of halogens is 1. The Labute approximate surface area is 163 Å². The maximum Gasteiger partial charge on any atom is 0.238 e. The van der Waals surface area contributed by atoms with Crippen molar-refractivity contribution in [3.05, 3.63) is 71.3 Å². The van der Waals surface area contributed by atoms with E-state index in [1.54, 1.807) is 17.1 Å². The third kappa shape index (κ3) is 4.72. The Morgan fingerprint density at radius 3 is 2.63 bits per heavy atom. The Hall–Kier alpha value is -2.70. The van der Waals surface area contributed by atoms with E-state index < -0.39 is 0 Å². The van der Waals surface area contributed by atoms with Crippen molar-refractivity contribution in [3.63, 3.8) is 0 Å². The first-order valence-electron chi connectivity index (χ1n) is 8.65. The largest absolute Gasteiger partial charge is 0.325 e. The van der Waals surface area contributed by atoms with Gasteiger partial charge in [0.05, 0.1) is 12.2 Å². The first-order valence-corrected chi connectivity index (χ1v) is 9.03. The van der Waals surface area contributed by atoms with Crippen molar-refractivity contribution in [2.75, 3.05) is 18.9 Å². The number of hydrogen-bond donors (Lipinski definition) is 1. The monoisotopic (exact) mass is 383 g/mol. The number of nitrogens with one attached hydrogen (secondary N) is 1. The van der Waals surface area contributed by atoms with Gasteiger partial charge in [0, 0.05) is 16.8 Å². The lowest BCUT2D eigenvalue weighted by Gasteiger charge is -2.24. The van der Waals surface area contributed by atoms with Crippen LogP contribution in [-0.4, -0.2) is 39.2 Å². The lowest BCUT2D eigenvalue weighted by Crippen LogP contribution is -2.32. The summed E-state index contributed by atoms with van der Waals surface area (Å²) >= 11 is 6.11. The summed E-state index contributed by atoms with van der Waals surface area (Å²) in [6.45, 7) is 4.27. The van der Waals surface area contributed by atoms with Crippen LogP contribution < -0.4 is 5.32 Å². The lowest BCUT2D eigenvalue weighted by molar-refractivity contribution is -0.117. The summed E-state index contributed by atoms with van der Waals surface area (Å²) in [4.78, 5) is 18.3. The Morgan fingerprint density at radius 1 is 1.26 bits per heavy atom. The Kier molecular flexibility index (Phi) is 5.88. The van der Waals surface area contributed by atoms with E-state index >= 15 is 0 Å². The minimum atomic E-state index is -0.0801. The second-order valence-electron chi connectivity index (χ2n) is 6.53. The van der Waals surface area contributed by atoms with Crippen LogP contribution in [0.2, 0.25) is 5.02 Å². The van der Waals surface area contributed by atoms with Crippen LogP contribution in [0.5, 0.6) is 0 Å². The van der Waals surface area contributed by atoms with Crippen LogP contribution in [0.3, 0.4) is 0 Å². The minimum absolute atomic E-state index is 0.0801. The fourth-order valence-corrected chi connectivity index (χ4v) is 2.92. The number of amides is 1. The first-order chi connectivity index (χ1) is 12.9. The van der Waals surface area contributed by atoms with Gasteiger partial charge in [0.1, 0.15) is 12.7 Å². The second-order valence-corrected chi connectivity index (χ2v) is 6.94. The molecule has 0 radical (unpaired) electrons. The van der Waals surface area contributed by atoms with Crippen molar-refractivity contribution < 1.29 is 4.79 Å². The van der Waals surface area contributed by atoms with E-state index in [0.29, 0.717) is 10.7 Å². The summed E-state index contributed by atoms with van der Waals surface area (Å²) in [5.74, 6) is -0.0801. The van der Waals surface area contributed by atoms with Gasteiger partial charge in [-0.25, -0.2) is 9.67 Å². The van der Waals surface area contributed by atoms with Crippen molar-refractivity contribution in [1.82, 2.24) is 19.7 Å². The molecular weight excluding hydrogens is 362 g/mol. The molecule has 0 aliphatic heterocycles. The molecule has 0 saturated heterocycles. The average Bonchev–Trinajstić information content (AvgIpc) is 3.19. The highest BCUT2D eigenvalue weighted by atomic mass is 35.5. The van der Waals surface area contributed by atoms with E-state index in [2.05, 4.69) is 22.3 Å². The van der Waals surface area contributed by atoms with Crippen molar-refractivity contribution in [2.24, 2.45) is 0 Å². The SMILES string of the molecule is Cc1ccc(NC(=O)CN(C)[C@H](C)c2ccc(-n3cncn3)cc2)cc1Cl. The molecule has 3 aromatic rings. The van der Waals surface area contributed by atoms with Crippen LogP contribution in [0.1, 0.15) is 24.1 Å². The van der Waals surface area contributed by atoms with Crippen LogP contribution in [0, 0.1) is 6.92 Å². The predicted molar refractivity (Wildman–Crippen MR) is 107 cm³/mol. The molecule has 2 aromatic carbocycles. The van der Waals surface area contributed by atoms with Crippen LogP contribution in [-0.2, 0) is 4.79 Å². The molecule has 0 fully saturated rings. The normalized spacial score (nSPS) is 12.2. The number of carbonyl (C=O) groups excluding carboxylic acids is 1. The summed E-state index contributed by atoms with van der Waals surface area (Å²) in [5, 5.41) is 7.65. The molecule has 3 rings (SSSR count). The van der Waals surface area contributed by atoms with Gasteiger partial charge in [0.2, 0.25) is 5.91 Å². The van der Waals surface area contributed by atoms with Gasteiger partial charge in [0.15, 0.2) is 0 Å². The molecule has 0 bridgehead atoms. The molecule has 0 spiro atoms. The standard InChI is InChI=1S/C20H22ClN5O/c1-14-4-7-17(10-19(14)21)24-20(27)11-25(3)15(2)16-5-8-18(9-6-16)26-13-22-12-23-26/h4-10,12-13,15H,11H2,1-3H3,(H,24,27)/t15-/m1/s1. The Morgan fingerprint density at radius 2 is 2.00 bits per heavy atom. The molecule has 1 heterocycles. The average molecular weight is 384 g/mol. The number of benzene rings is 2. The van der Waals surface area contributed by atoms with Gasteiger partial charge in [-0.3, -0.25) is 9.69 Å². The molecule has 0 aliphatic carbocycles. The zero-order valence-electron chi connectivity index (χ0n) is 15.6. The van der Waals surface area contributed by atoms with Crippen molar-refractivity contribution in [2.45, 2.75) is 19.9 Å². The maximum atomic E-state index is 12.3. The second kappa shape index (κ2) is 8.33. The van der Waals surface area contributed by atoms with E-state index in [4.69, 9.17) is 11.6 Å². The highest BCUT2D eigenvalue weighted by Crippen LogP contribution is 2.22. The molecule has 0 aliphatic rings. The van der Waals surface area contributed by atoms with Crippen LogP contribution in [0.25, 0.3) is 5.69 Å². The number of nitrogens with zero attached hydrogens (tertiary/aromatic N) is 4. The third-order valence-corrected chi connectivity index (χ3v) is 4.98. The van der Waals surface area contributed by atoms with Gasteiger partial charge in [-0.05, 0) is 56.3 Å². The minimum Gasteiger partial charge on any atom is -0.325 e. The lowest BCUT2D eigenvalue weighted by atomic mass is 10.1. The number of rotatable bonds is 6. The number of hydrogen-bond acceptors (Lipinski definition) is 4. The molecular formula is C20H22ClN5O. The molecule has 140 valence electrons. The Bertz CT molecular complexity index is 909. The summed E-state index contributed by atoms with van der Waals surface area (Å²) in [6, 6.07) is 13.6. The van der Waals surface area contributed by atoms with Crippen molar-refractivity contribution in [3.8, 4) is 5.69 Å². The number of carbonyl (C=O) groups is 1. The molecule has 7 heteroatoms. The molecule has 1 aromatic heterocycles. The van der Waals surface area contributed by atoms with Gasteiger partial charge in [-0.2, -0.15) is 5.10 Å². The molecule has 0 unspecified atom stereocenters. The first kappa shape index (κ1) is 19.1. The van der Waals surface area contributed by atoms with E-state index in [0.717, 1.165) is 16.8 Å². The van der Waals surface area contributed by atoms with Crippen LogP contribution in [0.15, 0.2) is 55.1 Å². The smallest absolute Gasteiger partial charge is 0.238 e. The molecule has 27 heavy (non-hydrogen) atoms. The summed E-state index contributed by atoms with van der Waals surface area (Å²) in [6.07, 6.45) is 3.16. The van der Waals surface area contributed by atoms with Crippen molar-refractivity contribution >= 4 is 23.2 Å². The van der Waals surface area contributed by atoms with Gasteiger partial charge in [0.25, 0.3) is 0 Å². The number of likely N-dealkylation sites (N-methyl/N-ethyl adjacent to an activating group) is 1. The van der Waals surface area contributed by atoms with Crippen molar-refractivity contribution in [1.29, 1.82) is 0 Å². The van der Waals surface area contributed by atoms with Gasteiger partial charge >= 0.3 is 0 Å². The zero-order chi connectivity index (χ0) is 19.4. The fraction of sp³-hybridized carbons (Fsp3) is 0.250. The summed E-state index contributed by atoms with van der Waals surface area (Å²) in [7, 11) is 1.93. The molecule has 1 atom stereocenters. The highest BCUT2D eigenvalue weighted by Gasteiger charge is 2.15. The topological polar surface area (TPSA) is 63.1 Å². The van der Waals surface area contributed by atoms with E-state index in [1.165, 1.54) is 6.33 Å². The third-order valence-electron chi connectivity index (χ3n) is 4.57. The number of anilines is 1. The quantitative estimate of drug-likeness (QED) is 0.702. The van der Waals surface area contributed by atoms with E-state index in [-0.39, 0.29) is 18.5 Å². The molecule has 6 nitrogen and oxygen atoms in total. The fourth-order valence-electron chi connectivity index (χ4n) is 2.74. The predicted octanol–water partition coefficient (Wildman–Crippen LogP) is 3.86. The van der Waals surface area contributed by atoms with Gasteiger partial charge < -0.3 is 5.32 Å². The van der Waals surface area contributed by atoms with Gasteiger partial charge in [-0.15, -0.1) is 0 Å². The van der Waals surface area contributed by atoms with Crippen LogP contribution >= 0.6 is 11.6 Å². The number of aromatic nitrogens is 3. The molecule has 1 N–H and O–H groups in total. The Balaban J connectivity index is 1.60. The maximum absolute atomic E-state index is 12.3. The van der Waals surface area contributed by atoms with Gasteiger partial charge in [-0.1, -0.05) is 29.8 Å². The summed E-state index contributed by atoms with van der Waals surface area (Å²) in [5.41, 5.74) is 3.75. The van der Waals surface area contributed by atoms with E-state index in [9.17, 15) is 4.79 Å². The van der Waals surface area contributed by atoms with Crippen LogP contribution in [0.4, 0.5) is 5.69 Å². The summed E-state index contributed by atoms with van der Waals surface area (Å²) < 4.78 is 1.71.